The zero-order valence-electron chi connectivity index (χ0n) is 14.0. The van der Waals surface area contributed by atoms with E-state index in [2.05, 4.69) is 5.32 Å². The number of fused-ring (bicyclic) bond motifs is 1. The number of amides is 1. The lowest BCUT2D eigenvalue weighted by molar-refractivity contribution is -0.120. The molecule has 0 saturated heterocycles. The topological polar surface area (TPSA) is 108 Å². The highest BCUT2D eigenvalue weighted by Gasteiger charge is 2.20. The first-order valence-corrected chi connectivity index (χ1v) is 9.51. The van der Waals surface area contributed by atoms with Crippen molar-refractivity contribution in [1.29, 1.82) is 0 Å². The Kier molecular flexibility index (Phi) is 5.71. The van der Waals surface area contributed by atoms with E-state index in [-0.39, 0.29) is 29.5 Å². The molecule has 1 amide bonds. The van der Waals surface area contributed by atoms with Gasteiger partial charge in [0, 0.05) is 31.0 Å². The summed E-state index contributed by atoms with van der Waals surface area (Å²) in [4.78, 5) is 11.9. The molecule has 3 N–H and O–H groups in total. The van der Waals surface area contributed by atoms with Gasteiger partial charge in [0.05, 0.1) is 23.9 Å². The Morgan fingerprint density at radius 1 is 1.25 bits per heavy atom. The molecule has 2 rings (SSSR count). The second-order valence-corrected chi connectivity index (χ2v) is 8.60. The lowest BCUT2D eigenvalue weighted by atomic mass is 10.1. The number of benzene rings is 1. The van der Waals surface area contributed by atoms with Crippen molar-refractivity contribution in [3.05, 3.63) is 18.2 Å². The highest BCUT2D eigenvalue weighted by atomic mass is 32.2. The summed E-state index contributed by atoms with van der Waals surface area (Å²) in [6.45, 7) is 4.87. The largest absolute Gasteiger partial charge is 0.490 e. The van der Waals surface area contributed by atoms with Crippen LogP contribution in [-0.2, 0) is 14.6 Å². The number of nitrogens with two attached hydrogens (primary N) is 1. The van der Waals surface area contributed by atoms with Crippen LogP contribution in [0.2, 0.25) is 0 Å². The summed E-state index contributed by atoms with van der Waals surface area (Å²) in [6.07, 6.45) is 0.626. The number of carbonyl (C=O) groups is 1. The fourth-order valence-electron chi connectivity index (χ4n) is 2.10. The van der Waals surface area contributed by atoms with Crippen LogP contribution in [0.1, 0.15) is 26.7 Å². The Labute approximate surface area is 142 Å². The number of rotatable bonds is 6. The van der Waals surface area contributed by atoms with Crippen molar-refractivity contribution in [2.45, 2.75) is 37.1 Å². The van der Waals surface area contributed by atoms with Gasteiger partial charge in [-0.2, -0.15) is 0 Å². The molecule has 0 atom stereocenters. The van der Waals surface area contributed by atoms with Gasteiger partial charge in [0.2, 0.25) is 5.91 Å². The van der Waals surface area contributed by atoms with Crippen LogP contribution in [0.5, 0.6) is 11.5 Å². The third kappa shape index (κ3) is 5.38. The zero-order valence-corrected chi connectivity index (χ0v) is 14.8. The average Bonchev–Trinajstić information content (AvgIpc) is 2.75. The van der Waals surface area contributed by atoms with Crippen LogP contribution in [0.25, 0.3) is 0 Å². The Morgan fingerprint density at radius 2 is 1.92 bits per heavy atom. The quantitative estimate of drug-likeness (QED) is 0.783. The predicted octanol–water partition coefficient (Wildman–Crippen LogP) is 0.865. The van der Waals surface area contributed by atoms with Crippen molar-refractivity contribution in [3.63, 3.8) is 0 Å². The zero-order chi connectivity index (χ0) is 17.8. The number of hydrogen-bond donors (Lipinski definition) is 2. The molecule has 134 valence electrons. The van der Waals surface area contributed by atoms with Crippen molar-refractivity contribution in [1.82, 2.24) is 5.32 Å². The third-order valence-corrected chi connectivity index (χ3v) is 5.13. The van der Waals surface area contributed by atoms with Gasteiger partial charge >= 0.3 is 0 Å². The SMILES string of the molecule is CC(C)(N)CNC(=O)CCS(=O)(=O)c1ccc2c(c1)OCCCO2. The summed E-state index contributed by atoms with van der Waals surface area (Å²) in [5.41, 5.74) is 5.24. The molecule has 0 saturated carbocycles. The second kappa shape index (κ2) is 7.40. The van der Waals surface area contributed by atoms with E-state index in [4.69, 9.17) is 15.2 Å². The fraction of sp³-hybridized carbons (Fsp3) is 0.562. The van der Waals surface area contributed by atoms with Crippen molar-refractivity contribution in [2.24, 2.45) is 5.73 Å². The van der Waals surface area contributed by atoms with Gasteiger partial charge in [-0.1, -0.05) is 0 Å². The van der Waals surface area contributed by atoms with Gasteiger partial charge in [-0.05, 0) is 26.0 Å². The van der Waals surface area contributed by atoms with E-state index < -0.39 is 15.4 Å². The summed E-state index contributed by atoms with van der Waals surface area (Å²) in [5.74, 6) is 0.340. The minimum Gasteiger partial charge on any atom is -0.490 e. The molecule has 0 aliphatic carbocycles. The van der Waals surface area contributed by atoms with E-state index in [0.29, 0.717) is 24.7 Å². The lowest BCUT2D eigenvalue weighted by Crippen LogP contribution is -2.45. The van der Waals surface area contributed by atoms with Crippen LogP contribution in [-0.4, -0.2) is 45.4 Å². The van der Waals surface area contributed by atoms with Crippen LogP contribution in [0, 0.1) is 0 Å². The van der Waals surface area contributed by atoms with Gasteiger partial charge < -0.3 is 20.5 Å². The van der Waals surface area contributed by atoms with Crippen molar-refractivity contribution in [2.75, 3.05) is 25.5 Å². The third-order valence-electron chi connectivity index (χ3n) is 3.42. The van der Waals surface area contributed by atoms with Crippen molar-refractivity contribution < 1.29 is 22.7 Å². The summed E-state index contributed by atoms with van der Waals surface area (Å²) < 4.78 is 35.8. The van der Waals surface area contributed by atoms with E-state index in [1.54, 1.807) is 19.9 Å². The van der Waals surface area contributed by atoms with Crippen molar-refractivity contribution in [3.8, 4) is 11.5 Å². The van der Waals surface area contributed by atoms with Crippen LogP contribution >= 0.6 is 0 Å². The fourth-order valence-corrected chi connectivity index (χ4v) is 3.35. The molecule has 0 radical (unpaired) electrons. The molecular weight excluding hydrogens is 332 g/mol. The summed E-state index contributed by atoms with van der Waals surface area (Å²) in [5, 5.41) is 2.63. The van der Waals surface area contributed by atoms with E-state index in [9.17, 15) is 13.2 Å². The van der Waals surface area contributed by atoms with Gasteiger partial charge in [-0.25, -0.2) is 8.42 Å². The van der Waals surface area contributed by atoms with Crippen molar-refractivity contribution >= 4 is 15.7 Å². The molecule has 7 nitrogen and oxygen atoms in total. The highest BCUT2D eigenvalue weighted by molar-refractivity contribution is 7.91. The van der Waals surface area contributed by atoms with E-state index in [0.717, 1.165) is 6.42 Å². The minimum absolute atomic E-state index is 0.118. The molecule has 8 heteroatoms. The number of nitrogens with one attached hydrogen (secondary N) is 1. The molecule has 0 unspecified atom stereocenters. The molecule has 0 fully saturated rings. The van der Waals surface area contributed by atoms with E-state index >= 15 is 0 Å². The smallest absolute Gasteiger partial charge is 0.221 e. The average molecular weight is 356 g/mol. The molecule has 1 aliphatic rings. The Bertz CT molecular complexity index is 695. The van der Waals surface area contributed by atoms with Gasteiger partial charge in [0.1, 0.15) is 0 Å². The minimum atomic E-state index is -3.58. The highest BCUT2D eigenvalue weighted by Crippen LogP contribution is 2.32. The summed E-state index contributed by atoms with van der Waals surface area (Å²) in [7, 11) is -3.58. The van der Waals surface area contributed by atoms with Crippen LogP contribution in [0.3, 0.4) is 0 Å². The maximum Gasteiger partial charge on any atom is 0.221 e. The van der Waals surface area contributed by atoms with Crippen LogP contribution < -0.4 is 20.5 Å². The normalized spacial score (nSPS) is 14.8. The first kappa shape index (κ1) is 18.5. The molecule has 0 aromatic heterocycles. The Balaban J connectivity index is 2.00. The molecule has 0 spiro atoms. The van der Waals surface area contributed by atoms with Gasteiger partial charge in [-0.3, -0.25) is 4.79 Å². The molecule has 1 aromatic rings. The maximum atomic E-state index is 12.4. The summed E-state index contributed by atoms with van der Waals surface area (Å²) in [6, 6.07) is 4.52. The number of sulfone groups is 1. The molecule has 1 aliphatic heterocycles. The number of ether oxygens (including phenoxy) is 2. The molecule has 1 aromatic carbocycles. The number of carbonyl (C=O) groups excluding carboxylic acids is 1. The first-order chi connectivity index (χ1) is 11.2. The molecule has 0 bridgehead atoms. The maximum absolute atomic E-state index is 12.4. The summed E-state index contributed by atoms with van der Waals surface area (Å²) >= 11 is 0. The first-order valence-electron chi connectivity index (χ1n) is 7.85. The van der Waals surface area contributed by atoms with E-state index in [1.807, 2.05) is 0 Å². The van der Waals surface area contributed by atoms with Gasteiger partial charge in [0.15, 0.2) is 21.3 Å². The monoisotopic (exact) mass is 356 g/mol. The van der Waals surface area contributed by atoms with Gasteiger partial charge in [0.25, 0.3) is 0 Å². The lowest BCUT2D eigenvalue weighted by Gasteiger charge is -2.18. The second-order valence-electron chi connectivity index (χ2n) is 6.49. The van der Waals surface area contributed by atoms with Crippen LogP contribution in [0.15, 0.2) is 23.1 Å². The Hall–Kier alpha value is -1.80. The molecule has 1 heterocycles. The van der Waals surface area contributed by atoms with Gasteiger partial charge in [-0.15, -0.1) is 0 Å². The standard InChI is InChI=1S/C16H24N2O5S/c1-16(2,17)11-18-15(19)6-9-24(20,21)12-4-5-13-14(10-12)23-8-3-7-22-13/h4-5,10H,3,6-9,11,17H2,1-2H3,(H,18,19). The molecule has 24 heavy (non-hydrogen) atoms. The Morgan fingerprint density at radius 3 is 2.58 bits per heavy atom. The van der Waals surface area contributed by atoms with E-state index in [1.165, 1.54) is 12.1 Å². The van der Waals surface area contributed by atoms with Crippen LogP contribution in [0.4, 0.5) is 0 Å². The molecular formula is C16H24N2O5S. The predicted molar refractivity (Wildman–Crippen MR) is 90.0 cm³/mol. The number of hydrogen-bond acceptors (Lipinski definition) is 6.